The summed E-state index contributed by atoms with van der Waals surface area (Å²) in [6, 6.07) is 0.521. The fourth-order valence-electron chi connectivity index (χ4n) is 1.37. The minimum absolute atomic E-state index is 0.250. The van der Waals surface area contributed by atoms with Crippen molar-refractivity contribution in [3.05, 3.63) is 0 Å². The molecule has 0 aromatic rings. The molecule has 2 nitrogen and oxygen atoms in total. The molecule has 0 aromatic heterocycles. The fraction of sp³-hybridized carbons (Fsp3) is 0.889. The molecule has 0 radical (unpaired) electrons. The molecule has 0 heterocycles. The summed E-state index contributed by atoms with van der Waals surface area (Å²) in [5.74, 6) is 0.838. The van der Waals surface area contributed by atoms with Gasteiger partial charge in [-0.2, -0.15) is 0 Å². The van der Waals surface area contributed by atoms with E-state index in [9.17, 15) is 4.79 Å². The van der Waals surface area contributed by atoms with Crippen molar-refractivity contribution in [3.8, 4) is 0 Å². The SMILES string of the molecule is CN(C(=O)CCCCl)C1CCC1. The smallest absolute Gasteiger partial charge is 0.222 e. The molecule has 0 aliphatic heterocycles. The van der Waals surface area contributed by atoms with E-state index in [0.29, 0.717) is 18.3 Å². The first kappa shape index (κ1) is 9.85. The van der Waals surface area contributed by atoms with E-state index in [1.807, 2.05) is 11.9 Å². The lowest BCUT2D eigenvalue weighted by molar-refractivity contribution is -0.133. The molecule has 0 N–H and O–H groups in total. The van der Waals surface area contributed by atoms with Gasteiger partial charge in [-0.3, -0.25) is 4.79 Å². The van der Waals surface area contributed by atoms with Gasteiger partial charge in [-0.05, 0) is 25.7 Å². The van der Waals surface area contributed by atoms with Crippen molar-refractivity contribution in [2.24, 2.45) is 0 Å². The van der Waals surface area contributed by atoms with E-state index < -0.39 is 0 Å². The molecule has 1 saturated carbocycles. The van der Waals surface area contributed by atoms with Crippen LogP contribution in [-0.2, 0) is 4.79 Å². The molecule has 0 saturated heterocycles. The Morgan fingerprint density at radius 1 is 1.58 bits per heavy atom. The van der Waals surface area contributed by atoms with Gasteiger partial charge in [0.05, 0.1) is 0 Å². The van der Waals surface area contributed by atoms with Crippen molar-refractivity contribution in [1.29, 1.82) is 0 Å². The van der Waals surface area contributed by atoms with Gasteiger partial charge >= 0.3 is 0 Å². The van der Waals surface area contributed by atoms with Crippen LogP contribution in [0.2, 0.25) is 0 Å². The lowest BCUT2D eigenvalue weighted by Crippen LogP contribution is -2.41. The first-order chi connectivity index (χ1) is 5.75. The molecule has 1 amide bonds. The van der Waals surface area contributed by atoms with Crippen LogP contribution >= 0.6 is 11.6 Å². The third-order valence-electron chi connectivity index (χ3n) is 2.54. The quantitative estimate of drug-likeness (QED) is 0.620. The Balaban J connectivity index is 2.20. The third kappa shape index (κ3) is 2.37. The van der Waals surface area contributed by atoms with Gasteiger partial charge in [-0.15, -0.1) is 11.6 Å². The molecule has 1 fully saturated rings. The van der Waals surface area contributed by atoms with Crippen molar-refractivity contribution in [3.63, 3.8) is 0 Å². The summed E-state index contributed by atoms with van der Waals surface area (Å²) < 4.78 is 0. The van der Waals surface area contributed by atoms with Crippen LogP contribution in [0.3, 0.4) is 0 Å². The van der Waals surface area contributed by atoms with Crippen molar-refractivity contribution < 1.29 is 4.79 Å². The zero-order valence-corrected chi connectivity index (χ0v) is 8.31. The van der Waals surface area contributed by atoms with Crippen LogP contribution in [0.15, 0.2) is 0 Å². The minimum Gasteiger partial charge on any atom is -0.343 e. The maximum atomic E-state index is 11.4. The van der Waals surface area contributed by atoms with Crippen molar-refractivity contribution in [2.75, 3.05) is 12.9 Å². The average Bonchev–Trinajstić information content (AvgIpc) is 1.96. The van der Waals surface area contributed by atoms with E-state index in [1.54, 1.807) is 0 Å². The first-order valence-electron chi connectivity index (χ1n) is 4.57. The van der Waals surface area contributed by atoms with Crippen LogP contribution in [-0.4, -0.2) is 29.8 Å². The van der Waals surface area contributed by atoms with E-state index in [2.05, 4.69) is 0 Å². The second-order valence-electron chi connectivity index (χ2n) is 3.38. The lowest BCUT2D eigenvalue weighted by atomic mass is 9.91. The molecule has 1 aliphatic carbocycles. The first-order valence-corrected chi connectivity index (χ1v) is 5.10. The number of hydrogen-bond donors (Lipinski definition) is 0. The topological polar surface area (TPSA) is 20.3 Å². The second kappa shape index (κ2) is 4.70. The zero-order valence-electron chi connectivity index (χ0n) is 7.55. The highest BCUT2D eigenvalue weighted by Gasteiger charge is 2.24. The van der Waals surface area contributed by atoms with Gasteiger partial charge in [0, 0.05) is 25.4 Å². The molecule has 3 heteroatoms. The average molecular weight is 190 g/mol. The van der Waals surface area contributed by atoms with E-state index in [1.165, 1.54) is 19.3 Å². The van der Waals surface area contributed by atoms with Crippen LogP contribution in [0.5, 0.6) is 0 Å². The molecule has 12 heavy (non-hydrogen) atoms. The maximum absolute atomic E-state index is 11.4. The fourth-order valence-corrected chi connectivity index (χ4v) is 1.51. The Kier molecular flexibility index (Phi) is 3.86. The summed E-state index contributed by atoms with van der Waals surface area (Å²) in [7, 11) is 1.90. The molecule has 0 atom stereocenters. The Hall–Kier alpha value is -0.240. The molecule has 1 aliphatic rings. The Morgan fingerprint density at radius 3 is 2.67 bits per heavy atom. The summed E-state index contributed by atoms with van der Waals surface area (Å²) in [5, 5.41) is 0. The number of carbonyl (C=O) groups is 1. The van der Waals surface area contributed by atoms with E-state index in [-0.39, 0.29) is 5.91 Å². The standard InChI is InChI=1S/C9H16ClNO/c1-11(8-4-2-5-8)9(12)6-3-7-10/h8H,2-7H2,1H3. The minimum atomic E-state index is 0.250. The number of amides is 1. The highest BCUT2D eigenvalue weighted by atomic mass is 35.5. The Morgan fingerprint density at radius 2 is 2.25 bits per heavy atom. The predicted octanol–water partition coefficient (Wildman–Crippen LogP) is 2.02. The highest BCUT2D eigenvalue weighted by Crippen LogP contribution is 2.23. The normalized spacial score (nSPS) is 17.2. The van der Waals surface area contributed by atoms with Gasteiger partial charge in [-0.25, -0.2) is 0 Å². The van der Waals surface area contributed by atoms with Crippen LogP contribution < -0.4 is 0 Å². The third-order valence-corrected chi connectivity index (χ3v) is 2.81. The summed E-state index contributed by atoms with van der Waals surface area (Å²) in [6.45, 7) is 0. The number of carbonyl (C=O) groups excluding carboxylic acids is 1. The number of rotatable bonds is 4. The molecule has 0 aromatic carbocycles. The highest BCUT2D eigenvalue weighted by molar-refractivity contribution is 6.17. The number of hydrogen-bond acceptors (Lipinski definition) is 1. The van der Waals surface area contributed by atoms with Gasteiger partial charge in [-0.1, -0.05) is 0 Å². The van der Waals surface area contributed by atoms with E-state index in [0.717, 1.165) is 6.42 Å². The maximum Gasteiger partial charge on any atom is 0.222 e. The van der Waals surface area contributed by atoms with Crippen LogP contribution in [0, 0.1) is 0 Å². The molecular formula is C9H16ClNO. The summed E-state index contributed by atoms with van der Waals surface area (Å²) in [4.78, 5) is 13.3. The molecule has 70 valence electrons. The number of halogens is 1. The van der Waals surface area contributed by atoms with Gasteiger partial charge in [0.15, 0.2) is 0 Å². The lowest BCUT2D eigenvalue weighted by Gasteiger charge is -2.34. The van der Waals surface area contributed by atoms with Crippen molar-refractivity contribution in [1.82, 2.24) is 4.90 Å². The number of alkyl halides is 1. The second-order valence-corrected chi connectivity index (χ2v) is 3.76. The molecule has 0 bridgehead atoms. The van der Waals surface area contributed by atoms with Crippen LogP contribution in [0.1, 0.15) is 32.1 Å². The summed E-state index contributed by atoms with van der Waals surface area (Å²) in [5.41, 5.74) is 0. The van der Waals surface area contributed by atoms with Gasteiger partial charge in [0.2, 0.25) is 5.91 Å². The monoisotopic (exact) mass is 189 g/mol. The summed E-state index contributed by atoms with van der Waals surface area (Å²) in [6.07, 6.45) is 5.05. The van der Waals surface area contributed by atoms with Crippen LogP contribution in [0.4, 0.5) is 0 Å². The van der Waals surface area contributed by atoms with Gasteiger partial charge in [0.25, 0.3) is 0 Å². The molecule has 0 unspecified atom stereocenters. The Labute approximate surface area is 78.9 Å². The molecule has 1 rings (SSSR count). The molecular weight excluding hydrogens is 174 g/mol. The van der Waals surface area contributed by atoms with Gasteiger partial charge < -0.3 is 4.90 Å². The molecule has 0 spiro atoms. The van der Waals surface area contributed by atoms with Crippen molar-refractivity contribution in [2.45, 2.75) is 38.1 Å². The van der Waals surface area contributed by atoms with Crippen LogP contribution in [0.25, 0.3) is 0 Å². The Bertz CT molecular complexity index is 157. The largest absolute Gasteiger partial charge is 0.343 e. The van der Waals surface area contributed by atoms with Gasteiger partial charge in [0.1, 0.15) is 0 Å². The predicted molar refractivity (Wildman–Crippen MR) is 50.4 cm³/mol. The zero-order chi connectivity index (χ0) is 8.97. The van der Waals surface area contributed by atoms with E-state index >= 15 is 0 Å². The van der Waals surface area contributed by atoms with Crippen molar-refractivity contribution >= 4 is 17.5 Å². The van der Waals surface area contributed by atoms with E-state index in [4.69, 9.17) is 11.6 Å². The number of nitrogens with zero attached hydrogens (tertiary/aromatic N) is 1. The summed E-state index contributed by atoms with van der Waals surface area (Å²) >= 11 is 5.51.